The number of amides is 2. The van der Waals surface area contributed by atoms with E-state index in [4.69, 9.17) is 0 Å². The van der Waals surface area contributed by atoms with Crippen LogP contribution in [-0.2, 0) is 0 Å². The van der Waals surface area contributed by atoms with Gasteiger partial charge >= 0.3 is 59.1 Å². The summed E-state index contributed by atoms with van der Waals surface area (Å²) >= 11 is 11.4. The van der Waals surface area contributed by atoms with Crippen LogP contribution in [0.15, 0.2) is 0 Å². The topological polar surface area (TPSA) is 180 Å². The SMILES string of the molecule is O=C(NC(CO)CO)c1c(I)c(O)c(I)c(-c2c(I)c(O)c(I)c(C(=O)NC(CO)CO)c2I)c1I.[NaH].[NaH]. The molecule has 2 rings (SSSR count). The number of carbonyl (C=O) groups is 2. The van der Waals surface area contributed by atoms with Gasteiger partial charge in [-0.05, 0) is 136 Å². The molecule has 8 N–H and O–H groups in total. The third kappa shape index (κ3) is 9.12. The number of aliphatic hydroxyl groups is 4. The maximum absolute atomic E-state index is 13.1. The summed E-state index contributed by atoms with van der Waals surface area (Å²) in [7, 11) is 0. The Balaban J connectivity index is 0.00000684. The molecule has 2 amide bonds. The van der Waals surface area contributed by atoms with Gasteiger partial charge in [-0.1, -0.05) is 0 Å². The summed E-state index contributed by atoms with van der Waals surface area (Å²) in [5.41, 5.74) is 1.01. The standard InChI is InChI=1S/C20H18I6N2O8.2Na.2H/c21-11-7(13(23)17(33)15(25)9(11)19(35)27-5(1-29)2-30)8-12(22)10(16(26)18(34)14(8)24)20(36)28-6(3-31)4-32;;;;/h5-6,29-34H,1-4H2,(H,27,35)(H,28,36);;;;. The van der Waals surface area contributed by atoms with E-state index in [2.05, 4.69) is 10.6 Å². The van der Waals surface area contributed by atoms with Gasteiger partial charge in [-0.3, -0.25) is 9.59 Å². The molecule has 0 saturated carbocycles. The number of phenols is 2. The van der Waals surface area contributed by atoms with Crippen molar-refractivity contribution in [3.05, 3.63) is 32.5 Å². The zero-order chi connectivity index (χ0) is 27.5. The van der Waals surface area contributed by atoms with Gasteiger partial charge in [0, 0.05) is 18.3 Å². The molecule has 0 spiro atoms. The number of hydrogen-bond donors (Lipinski definition) is 8. The molecule has 2 aromatic carbocycles. The second kappa shape index (κ2) is 18.9. The molecular formula is C20H20I6N2Na2O8. The minimum atomic E-state index is -0.905. The summed E-state index contributed by atoms with van der Waals surface area (Å²) in [6.07, 6.45) is 0. The van der Waals surface area contributed by atoms with Crippen molar-refractivity contribution >= 4 is 206 Å². The first kappa shape index (κ1) is 41.2. The summed E-state index contributed by atoms with van der Waals surface area (Å²) < 4.78 is 2.10. The summed E-state index contributed by atoms with van der Waals surface area (Å²) in [5, 5.41) is 64.4. The van der Waals surface area contributed by atoms with Crippen LogP contribution in [0.2, 0.25) is 0 Å². The summed E-state index contributed by atoms with van der Waals surface area (Å²) in [5.74, 6) is -1.62. The second-order valence-corrected chi connectivity index (χ2v) is 13.6. The second-order valence-electron chi connectivity index (χ2n) is 7.15. The van der Waals surface area contributed by atoms with Crippen LogP contribution in [0.3, 0.4) is 0 Å². The van der Waals surface area contributed by atoms with Gasteiger partial charge in [0.15, 0.2) is 0 Å². The molecule has 0 aliphatic heterocycles. The fourth-order valence-electron chi connectivity index (χ4n) is 2.95. The number of phenolic OH excluding ortho intramolecular Hbond substituents is 2. The van der Waals surface area contributed by atoms with Crippen molar-refractivity contribution in [1.29, 1.82) is 0 Å². The molecule has 0 aromatic heterocycles. The third-order valence-electron chi connectivity index (χ3n) is 4.84. The van der Waals surface area contributed by atoms with Crippen molar-refractivity contribution in [2.45, 2.75) is 12.1 Å². The Kier molecular flexibility index (Phi) is 20.5. The zero-order valence-electron chi connectivity index (χ0n) is 17.8. The van der Waals surface area contributed by atoms with E-state index < -0.39 is 50.3 Å². The van der Waals surface area contributed by atoms with E-state index in [1.54, 1.807) is 0 Å². The van der Waals surface area contributed by atoms with E-state index in [9.17, 15) is 40.2 Å². The Labute approximate surface area is 344 Å². The molecule has 0 heterocycles. The summed E-state index contributed by atoms with van der Waals surface area (Å²) in [6.45, 7) is -1.94. The fourth-order valence-corrected chi connectivity index (χ4v) is 11.3. The molecule has 0 aliphatic carbocycles. The number of rotatable bonds is 9. The van der Waals surface area contributed by atoms with Crippen LogP contribution in [-0.4, -0.2) is 140 Å². The number of benzene rings is 2. The van der Waals surface area contributed by atoms with Crippen molar-refractivity contribution < 1.29 is 40.2 Å². The Morgan fingerprint density at radius 3 is 1.05 bits per heavy atom. The minimum absolute atomic E-state index is 0. The Hall–Kier alpha value is 3.20. The van der Waals surface area contributed by atoms with Crippen molar-refractivity contribution in [1.82, 2.24) is 10.6 Å². The Morgan fingerprint density at radius 1 is 0.553 bits per heavy atom. The van der Waals surface area contributed by atoms with Crippen molar-refractivity contribution in [3.63, 3.8) is 0 Å². The number of aliphatic hydroxyl groups excluding tert-OH is 4. The van der Waals surface area contributed by atoms with Crippen LogP contribution < -0.4 is 10.6 Å². The number of halogens is 6. The van der Waals surface area contributed by atoms with E-state index in [1.807, 2.05) is 136 Å². The predicted molar refractivity (Wildman–Crippen MR) is 197 cm³/mol. The zero-order valence-corrected chi connectivity index (χ0v) is 30.7. The normalized spacial score (nSPS) is 10.7. The molecule has 2 aromatic rings. The molecule has 0 aliphatic rings. The van der Waals surface area contributed by atoms with E-state index in [-0.39, 0.29) is 88.9 Å². The van der Waals surface area contributed by atoms with Gasteiger partial charge in [-0.15, -0.1) is 0 Å². The van der Waals surface area contributed by atoms with Crippen molar-refractivity contribution in [2.24, 2.45) is 0 Å². The molecule has 0 bridgehead atoms. The van der Waals surface area contributed by atoms with Gasteiger partial charge in [0.05, 0.1) is 63.9 Å². The van der Waals surface area contributed by atoms with Crippen LogP contribution in [0.4, 0.5) is 0 Å². The van der Waals surface area contributed by atoms with Crippen LogP contribution >= 0.6 is 136 Å². The number of hydrogen-bond acceptors (Lipinski definition) is 8. The molecule has 38 heavy (non-hydrogen) atoms. The van der Waals surface area contributed by atoms with Gasteiger partial charge in [0.2, 0.25) is 0 Å². The monoisotopic (exact) mass is 1220 g/mol. The van der Waals surface area contributed by atoms with Gasteiger partial charge in [0.25, 0.3) is 11.8 Å². The Morgan fingerprint density at radius 2 is 0.816 bits per heavy atom. The first-order valence-corrected chi connectivity index (χ1v) is 16.2. The average Bonchev–Trinajstić information content (AvgIpc) is 2.85. The summed E-state index contributed by atoms with van der Waals surface area (Å²) in [6, 6.07) is -1.81. The van der Waals surface area contributed by atoms with Gasteiger partial charge < -0.3 is 41.3 Å². The van der Waals surface area contributed by atoms with E-state index in [0.717, 1.165) is 0 Å². The molecule has 0 fully saturated rings. The molecular weight excluding hydrogens is 1200 g/mol. The molecule has 0 saturated heterocycles. The molecule has 0 unspecified atom stereocenters. The predicted octanol–water partition coefficient (Wildman–Crippen LogP) is 1.26. The van der Waals surface area contributed by atoms with Gasteiger partial charge in [-0.2, -0.15) is 0 Å². The molecule has 202 valence electrons. The third-order valence-corrected chi connectivity index (χ3v) is 11.2. The molecule has 18 heteroatoms. The first-order chi connectivity index (χ1) is 16.9. The average molecular weight is 1220 g/mol. The Bertz CT molecular complexity index is 1110. The van der Waals surface area contributed by atoms with Crippen LogP contribution in [0.1, 0.15) is 20.7 Å². The van der Waals surface area contributed by atoms with Crippen LogP contribution in [0.25, 0.3) is 11.1 Å². The first-order valence-electron chi connectivity index (χ1n) is 9.71. The van der Waals surface area contributed by atoms with Crippen LogP contribution in [0, 0.1) is 21.4 Å². The van der Waals surface area contributed by atoms with E-state index in [0.29, 0.717) is 25.4 Å². The molecule has 0 radical (unpaired) electrons. The van der Waals surface area contributed by atoms with Gasteiger partial charge in [0.1, 0.15) is 11.5 Å². The van der Waals surface area contributed by atoms with Crippen molar-refractivity contribution in [3.8, 4) is 22.6 Å². The van der Waals surface area contributed by atoms with Crippen LogP contribution in [0.5, 0.6) is 11.5 Å². The maximum atomic E-state index is 13.1. The van der Waals surface area contributed by atoms with E-state index >= 15 is 0 Å². The van der Waals surface area contributed by atoms with E-state index in [1.165, 1.54) is 0 Å². The quantitative estimate of drug-likeness (QED) is 0.137. The van der Waals surface area contributed by atoms with Crippen molar-refractivity contribution in [2.75, 3.05) is 26.4 Å². The number of carbonyl (C=O) groups excluding carboxylic acids is 2. The number of nitrogens with one attached hydrogen (secondary N) is 2. The molecule has 10 nitrogen and oxygen atoms in total. The number of aromatic hydroxyl groups is 2. The molecule has 0 atom stereocenters. The fraction of sp³-hybridized carbons (Fsp3) is 0.300. The van der Waals surface area contributed by atoms with Gasteiger partial charge in [-0.25, -0.2) is 0 Å². The summed E-state index contributed by atoms with van der Waals surface area (Å²) in [4.78, 5) is 26.2.